The maximum Gasteiger partial charge on any atom is 0.254 e. The standard InChI is InChI=1S/C27H27ClN2O5S/c1-30-25(15-6-9-17(36-5)10-7-15)24(26(31)29-16-8-11-21(33-2)20(28)12-16)18-13-22(34-3)23(35-4)14-19(18)27(30)32/h6-14,24-25H,1-5H3,(H,29,31)/t24-,25-/m1/s1. The van der Waals surface area contributed by atoms with Gasteiger partial charge in [0.1, 0.15) is 5.75 Å². The third-order valence-corrected chi connectivity index (χ3v) is 7.37. The summed E-state index contributed by atoms with van der Waals surface area (Å²) in [6, 6.07) is 15.7. The van der Waals surface area contributed by atoms with Gasteiger partial charge < -0.3 is 24.4 Å². The molecule has 0 bridgehead atoms. The van der Waals surface area contributed by atoms with Gasteiger partial charge in [0.2, 0.25) is 5.91 Å². The van der Waals surface area contributed by atoms with Crippen LogP contribution in [0.15, 0.2) is 59.5 Å². The predicted molar refractivity (Wildman–Crippen MR) is 142 cm³/mol. The van der Waals surface area contributed by atoms with Gasteiger partial charge in [0.15, 0.2) is 11.5 Å². The molecule has 0 saturated heterocycles. The molecule has 0 saturated carbocycles. The van der Waals surface area contributed by atoms with E-state index in [1.54, 1.807) is 54.0 Å². The molecule has 2 atom stereocenters. The highest BCUT2D eigenvalue weighted by Gasteiger charge is 2.43. The third kappa shape index (κ3) is 4.70. The minimum absolute atomic E-state index is 0.207. The van der Waals surface area contributed by atoms with Crippen LogP contribution in [0.4, 0.5) is 5.69 Å². The van der Waals surface area contributed by atoms with Gasteiger partial charge in [0.05, 0.1) is 38.3 Å². The van der Waals surface area contributed by atoms with Crippen molar-refractivity contribution in [1.29, 1.82) is 0 Å². The summed E-state index contributed by atoms with van der Waals surface area (Å²) in [6.45, 7) is 0. The van der Waals surface area contributed by atoms with E-state index in [4.69, 9.17) is 25.8 Å². The summed E-state index contributed by atoms with van der Waals surface area (Å²) in [6.07, 6.45) is 2.00. The van der Waals surface area contributed by atoms with Crippen LogP contribution in [-0.2, 0) is 4.79 Å². The number of thioether (sulfide) groups is 1. The van der Waals surface area contributed by atoms with Crippen LogP contribution in [0.3, 0.4) is 0 Å². The number of hydrogen-bond donors (Lipinski definition) is 1. The second-order valence-electron chi connectivity index (χ2n) is 8.24. The zero-order chi connectivity index (χ0) is 26.0. The zero-order valence-electron chi connectivity index (χ0n) is 20.6. The molecule has 1 aliphatic rings. The lowest BCUT2D eigenvalue weighted by molar-refractivity contribution is -0.119. The molecule has 0 unspecified atom stereocenters. The molecule has 0 radical (unpaired) electrons. The number of amides is 2. The van der Waals surface area contributed by atoms with E-state index in [2.05, 4.69) is 5.32 Å². The maximum atomic E-state index is 13.9. The Hall–Kier alpha value is -3.36. The fourth-order valence-corrected chi connectivity index (χ4v) is 5.18. The molecule has 3 aromatic rings. The quantitative estimate of drug-likeness (QED) is 0.402. The number of carbonyl (C=O) groups is 2. The fraction of sp³-hybridized carbons (Fsp3) is 0.259. The van der Waals surface area contributed by atoms with Crippen LogP contribution in [0.2, 0.25) is 5.02 Å². The van der Waals surface area contributed by atoms with Crippen molar-refractivity contribution in [2.75, 3.05) is 39.9 Å². The molecular formula is C27H27ClN2O5S. The second-order valence-corrected chi connectivity index (χ2v) is 9.53. The topological polar surface area (TPSA) is 77.1 Å². The van der Waals surface area contributed by atoms with E-state index in [9.17, 15) is 9.59 Å². The lowest BCUT2D eigenvalue weighted by Gasteiger charge is -2.40. The Kier molecular flexibility index (Phi) is 7.66. The largest absolute Gasteiger partial charge is 0.495 e. The van der Waals surface area contributed by atoms with Crippen molar-refractivity contribution in [2.45, 2.75) is 16.9 Å². The molecule has 2 amide bonds. The number of anilines is 1. The molecule has 0 fully saturated rings. The number of likely N-dealkylation sites (N-methyl/N-ethyl adjacent to an activating group) is 1. The number of halogens is 1. The van der Waals surface area contributed by atoms with Crippen LogP contribution in [0.25, 0.3) is 0 Å². The van der Waals surface area contributed by atoms with Crippen molar-refractivity contribution in [1.82, 2.24) is 4.90 Å². The molecular weight excluding hydrogens is 500 g/mol. The minimum Gasteiger partial charge on any atom is -0.495 e. The summed E-state index contributed by atoms with van der Waals surface area (Å²) in [5.74, 6) is 0.136. The predicted octanol–water partition coefficient (Wildman–Crippen LogP) is 5.64. The molecule has 0 aliphatic carbocycles. The van der Waals surface area contributed by atoms with E-state index in [-0.39, 0.29) is 11.8 Å². The van der Waals surface area contributed by atoms with E-state index in [1.807, 2.05) is 30.5 Å². The Morgan fingerprint density at radius 1 is 0.944 bits per heavy atom. The smallest absolute Gasteiger partial charge is 0.254 e. The Bertz CT molecular complexity index is 1300. The number of hydrogen-bond acceptors (Lipinski definition) is 6. The Labute approximate surface area is 219 Å². The summed E-state index contributed by atoms with van der Waals surface area (Å²) in [7, 11) is 6.27. The molecule has 0 aromatic heterocycles. The molecule has 188 valence electrons. The minimum atomic E-state index is -0.733. The number of nitrogens with zero attached hydrogens (tertiary/aromatic N) is 1. The average molecular weight is 527 g/mol. The first kappa shape index (κ1) is 25.7. The third-order valence-electron chi connectivity index (χ3n) is 6.33. The molecule has 1 heterocycles. The Balaban J connectivity index is 1.85. The van der Waals surface area contributed by atoms with Gasteiger partial charge in [-0.15, -0.1) is 11.8 Å². The molecule has 0 spiro atoms. The van der Waals surface area contributed by atoms with E-state index < -0.39 is 12.0 Å². The number of methoxy groups -OCH3 is 3. The van der Waals surface area contributed by atoms with Crippen molar-refractivity contribution in [2.24, 2.45) is 0 Å². The summed E-state index contributed by atoms with van der Waals surface area (Å²) in [5.41, 5.74) is 2.31. The van der Waals surface area contributed by atoms with E-state index >= 15 is 0 Å². The summed E-state index contributed by atoms with van der Waals surface area (Å²) >= 11 is 7.91. The van der Waals surface area contributed by atoms with Gasteiger partial charge in [-0.25, -0.2) is 0 Å². The Morgan fingerprint density at radius 2 is 1.58 bits per heavy atom. The highest BCUT2D eigenvalue weighted by Crippen LogP contribution is 2.46. The number of rotatable bonds is 7. The van der Waals surface area contributed by atoms with Crippen molar-refractivity contribution >= 4 is 40.9 Å². The van der Waals surface area contributed by atoms with E-state index in [0.717, 1.165) is 10.5 Å². The van der Waals surface area contributed by atoms with Gasteiger partial charge in [-0.3, -0.25) is 9.59 Å². The molecule has 4 rings (SSSR count). The van der Waals surface area contributed by atoms with Crippen molar-refractivity contribution in [3.8, 4) is 17.2 Å². The molecule has 1 aliphatic heterocycles. The van der Waals surface area contributed by atoms with Crippen molar-refractivity contribution in [3.63, 3.8) is 0 Å². The monoisotopic (exact) mass is 526 g/mol. The van der Waals surface area contributed by atoms with Gasteiger partial charge >= 0.3 is 0 Å². The van der Waals surface area contributed by atoms with E-state index in [0.29, 0.717) is 39.1 Å². The summed E-state index contributed by atoms with van der Waals surface area (Å²) in [4.78, 5) is 30.1. The first-order chi connectivity index (χ1) is 17.3. The van der Waals surface area contributed by atoms with Crippen LogP contribution in [0, 0.1) is 0 Å². The van der Waals surface area contributed by atoms with Gasteiger partial charge in [0.25, 0.3) is 5.91 Å². The average Bonchev–Trinajstić information content (AvgIpc) is 2.89. The number of ether oxygens (including phenoxy) is 3. The Morgan fingerprint density at radius 3 is 2.17 bits per heavy atom. The first-order valence-corrected chi connectivity index (χ1v) is 12.7. The lowest BCUT2D eigenvalue weighted by Crippen LogP contribution is -2.44. The number of benzene rings is 3. The maximum absolute atomic E-state index is 13.9. The van der Waals surface area contributed by atoms with Gasteiger partial charge in [0, 0.05) is 23.2 Å². The van der Waals surface area contributed by atoms with Gasteiger partial charge in [-0.05, 0) is 59.8 Å². The highest BCUT2D eigenvalue weighted by atomic mass is 35.5. The normalized spacial score (nSPS) is 16.8. The SMILES string of the molecule is COc1ccc(NC(=O)[C@@H]2c3cc(OC)c(OC)cc3C(=O)N(C)[C@@H]2c2ccc(SC)cc2)cc1Cl. The lowest BCUT2D eigenvalue weighted by atomic mass is 9.79. The molecule has 9 heteroatoms. The second kappa shape index (κ2) is 10.7. The van der Waals surface area contributed by atoms with Crippen molar-refractivity contribution in [3.05, 3.63) is 76.3 Å². The van der Waals surface area contributed by atoms with Gasteiger partial charge in [-0.1, -0.05) is 23.7 Å². The molecule has 36 heavy (non-hydrogen) atoms. The summed E-state index contributed by atoms with van der Waals surface area (Å²) in [5, 5.41) is 3.35. The summed E-state index contributed by atoms with van der Waals surface area (Å²) < 4.78 is 16.2. The number of fused-ring (bicyclic) bond motifs is 1. The molecule has 3 aromatic carbocycles. The zero-order valence-corrected chi connectivity index (χ0v) is 22.2. The van der Waals surface area contributed by atoms with Crippen LogP contribution in [-0.4, -0.2) is 51.3 Å². The van der Waals surface area contributed by atoms with Crippen LogP contribution in [0.5, 0.6) is 17.2 Å². The molecule has 7 nitrogen and oxygen atoms in total. The van der Waals surface area contributed by atoms with Crippen LogP contribution in [0.1, 0.15) is 33.4 Å². The number of carbonyl (C=O) groups excluding carboxylic acids is 2. The first-order valence-electron chi connectivity index (χ1n) is 11.1. The van der Waals surface area contributed by atoms with E-state index in [1.165, 1.54) is 21.3 Å². The van der Waals surface area contributed by atoms with Crippen molar-refractivity contribution < 1.29 is 23.8 Å². The van der Waals surface area contributed by atoms with Crippen LogP contribution < -0.4 is 19.5 Å². The highest BCUT2D eigenvalue weighted by molar-refractivity contribution is 7.98. The number of nitrogens with one attached hydrogen (secondary N) is 1. The fourth-order valence-electron chi connectivity index (χ4n) is 4.51. The van der Waals surface area contributed by atoms with Gasteiger partial charge in [-0.2, -0.15) is 0 Å². The van der Waals surface area contributed by atoms with Crippen LogP contribution >= 0.6 is 23.4 Å². The molecule has 1 N–H and O–H groups in total.